The lowest BCUT2D eigenvalue weighted by Gasteiger charge is -2.23. The van der Waals surface area contributed by atoms with Crippen LogP contribution in [0.2, 0.25) is 0 Å². The Labute approximate surface area is 79.1 Å². The van der Waals surface area contributed by atoms with Crippen LogP contribution in [0.1, 0.15) is 40.0 Å². The van der Waals surface area contributed by atoms with Gasteiger partial charge in [-0.25, -0.2) is 0 Å². The molecule has 1 N–H and O–H groups in total. The molecule has 1 aliphatic rings. The summed E-state index contributed by atoms with van der Waals surface area (Å²) in [5.41, 5.74) is -0.879. The average Bonchev–Trinajstić information content (AvgIpc) is 2.85. The third kappa shape index (κ3) is 2.00. The molecular formula is C10H16N2O. The zero-order valence-electron chi connectivity index (χ0n) is 8.48. The SMILES string of the molecule is CCC(C)(C)C(=O)NC1(C#N)CC1. The minimum absolute atomic E-state index is 0.00551. The molecule has 0 atom stereocenters. The summed E-state index contributed by atoms with van der Waals surface area (Å²) in [5.74, 6) is -0.00551. The summed E-state index contributed by atoms with van der Waals surface area (Å²) in [6, 6.07) is 2.15. The van der Waals surface area contributed by atoms with Crippen LogP contribution in [0.3, 0.4) is 0 Å². The minimum Gasteiger partial charge on any atom is -0.337 e. The van der Waals surface area contributed by atoms with E-state index in [4.69, 9.17) is 5.26 Å². The minimum atomic E-state index is -0.524. The molecule has 3 nitrogen and oxygen atoms in total. The molecule has 72 valence electrons. The normalized spacial score (nSPS) is 18.9. The molecule has 1 fully saturated rings. The Kier molecular flexibility index (Phi) is 2.34. The maximum atomic E-state index is 11.6. The van der Waals surface area contributed by atoms with E-state index in [0.29, 0.717) is 0 Å². The summed E-state index contributed by atoms with van der Waals surface area (Å²) >= 11 is 0. The lowest BCUT2D eigenvalue weighted by molar-refractivity contribution is -0.130. The van der Waals surface area contributed by atoms with E-state index in [1.54, 1.807) is 0 Å². The number of nitrogens with zero attached hydrogens (tertiary/aromatic N) is 1. The number of nitrogens with one attached hydrogen (secondary N) is 1. The molecule has 0 heterocycles. The standard InChI is InChI=1S/C10H16N2O/c1-4-9(2,3)8(13)12-10(7-11)5-6-10/h4-6H2,1-3H3,(H,12,13). The summed E-state index contributed by atoms with van der Waals surface area (Å²) < 4.78 is 0. The molecule has 0 aliphatic heterocycles. The number of carbonyl (C=O) groups is 1. The van der Waals surface area contributed by atoms with Crippen LogP contribution < -0.4 is 5.32 Å². The van der Waals surface area contributed by atoms with Crippen molar-refractivity contribution >= 4 is 5.91 Å². The van der Waals surface area contributed by atoms with Gasteiger partial charge in [-0.15, -0.1) is 0 Å². The van der Waals surface area contributed by atoms with Gasteiger partial charge < -0.3 is 5.32 Å². The van der Waals surface area contributed by atoms with Gasteiger partial charge >= 0.3 is 0 Å². The Balaban J connectivity index is 2.57. The van der Waals surface area contributed by atoms with Crippen molar-refractivity contribution in [1.82, 2.24) is 5.32 Å². The second-order valence-electron chi connectivity index (χ2n) is 4.39. The maximum Gasteiger partial charge on any atom is 0.226 e. The fourth-order valence-electron chi connectivity index (χ4n) is 0.937. The first-order chi connectivity index (χ1) is 5.96. The molecular weight excluding hydrogens is 164 g/mol. The fourth-order valence-corrected chi connectivity index (χ4v) is 0.937. The number of rotatable bonds is 3. The van der Waals surface area contributed by atoms with Gasteiger partial charge in [-0.3, -0.25) is 4.79 Å². The second-order valence-corrected chi connectivity index (χ2v) is 4.39. The van der Waals surface area contributed by atoms with E-state index in [1.807, 2.05) is 20.8 Å². The molecule has 0 bridgehead atoms. The molecule has 0 radical (unpaired) electrons. The third-order valence-corrected chi connectivity index (χ3v) is 2.82. The molecule has 0 aromatic carbocycles. The van der Waals surface area contributed by atoms with Gasteiger partial charge in [0.2, 0.25) is 5.91 Å². The van der Waals surface area contributed by atoms with Crippen LogP contribution in [0.25, 0.3) is 0 Å². The molecule has 1 saturated carbocycles. The van der Waals surface area contributed by atoms with Crippen molar-refractivity contribution in [3.8, 4) is 6.07 Å². The van der Waals surface area contributed by atoms with Crippen molar-refractivity contribution in [2.24, 2.45) is 5.41 Å². The number of hydrogen-bond donors (Lipinski definition) is 1. The summed E-state index contributed by atoms with van der Waals surface area (Å²) in [5, 5.41) is 11.6. The zero-order valence-corrected chi connectivity index (χ0v) is 8.48. The van der Waals surface area contributed by atoms with Gasteiger partial charge in [0.25, 0.3) is 0 Å². The third-order valence-electron chi connectivity index (χ3n) is 2.82. The van der Waals surface area contributed by atoms with Crippen molar-refractivity contribution in [1.29, 1.82) is 5.26 Å². The van der Waals surface area contributed by atoms with E-state index in [0.717, 1.165) is 19.3 Å². The quantitative estimate of drug-likeness (QED) is 0.717. The first-order valence-electron chi connectivity index (χ1n) is 4.70. The molecule has 0 unspecified atom stereocenters. The average molecular weight is 180 g/mol. The van der Waals surface area contributed by atoms with E-state index in [9.17, 15) is 4.79 Å². The van der Waals surface area contributed by atoms with Crippen molar-refractivity contribution in [2.75, 3.05) is 0 Å². The maximum absolute atomic E-state index is 11.6. The molecule has 13 heavy (non-hydrogen) atoms. The Hall–Kier alpha value is -1.04. The van der Waals surface area contributed by atoms with Gasteiger partial charge in [-0.05, 0) is 19.3 Å². The molecule has 0 spiro atoms. The van der Waals surface area contributed by atoms with Crippen molar-refractivity contribution in [3.05, 3.63) is 0 Å². The van der Waals surface area contributed by atoms with Gasteiger partial charge in [0.05, 0.1) is 6.07 Å². The zero-order chi connectivity index (χ0) is 10.1. The van der Waals surface area contributed by atoms with E-state index < -0.39 is 5.54 Å². The van der Waals surface area contributed by atoms with E-state index >= 15 is 0 Å². The van der Waals surface area contributed by atoms with Crippen LogP contribution >= 0.6 is 0 Å². The van der Waals surface area contributed by atoms with Gasteiger partial charge in [-0.2, -0.15) is 5.26 Å². The first kappa shape index (κ1) is 10.0. The Morgan fingerprint density at radius 2 is 2.15 bits per heavy atom. The van der Waals surface area contributed by atoms with E-state index in [1.165, 1.54) is 0 Å². The summed E-state index contributed by atoms with van der Waals surface area (Å²) in [6.45, 7) is 5.77. The number of amides is 1. The van der Waals surface area contributed by atoms with Gasteiger partial charge in [0.15, 0.2) is 0 Å². The van der Waals surface area contributed by atoms with Crippen LogP contribution in [0.5, 0.6) is 0 Å². The molecule has 3 heteroatoms. The van der Waals surface area contributed by atoms with Gasteiger partial charge in [0.1, 0.15) is 5.54 Å². The molecule has 0 aromatic heterocycles. The summed E-state index contributed by atoms with van der Waals surface area (Å²) in [6.07, 6.45) is 2.39. The van der Waals surface area contributed by atoms with Crippen LogP contribution in [0.4, 0.5) is 0 Å². The van der Waals surface area contributed by atoms with Crippen molar-refractivity contribution < 1.29 is 4.79 Å². The smallest absolute Gasteiger partial charge is 0.226 e. The predicted octanol–water partition coefficient (Wildman–Crippen LogP) is 1.59. The van der Waals surface area contributed by atoms with Crippen molar-refractivity contribution in [3.63, 3.8) is 0 Å². The first-order valence-corrected chi connectivity index (χ1v) is 4.70. The van der Waals surface area contributed by atoms with Gasteiger partial charge in [0, 0.05) is 5.41 Å². The highest BCUT2D eigenvalue weighted by Crippen LogP contribution is 2.35. The number of hydrogen-bond acceptors (Lipinski definition) is 2. The highest BCUT2D eigenvalue weighted by molar-refractivity contribution is 5.83. The highest BCUT2D eigenvalue weighted by atomic mass is 16.2. The molecule has 1 amide bonds. The summed E-state index contributed by atoms with van der Waals surface area (Å²) in [7, 11) is 0. The van der Waals surface area contributed by atoms with E-state index in [-0.39, 0.29) is 11.3 Å². The Morgan fingerprint density at radius 3 is 2.46 bits per heavy atom. The predicted molar refractivity (Wildman–Crippen MR) is 49.8 cm³/mol. The monoisotopic (exact) mass is 180 g/mol. The highest BCUT2D eigenvalue weighted by Gasteiger charge is 2.46. The lowest BCUT2D eigenvalue weighted by Crippen LogP contribution is -2.43. The van der Waals surface area contributed by atoms with Gasteiger partial charge in [-0.1, -0.05) is 20.8 Å². The molecule has 1 rings (SSSR count). The molecule has 1 aliphatic carbocycles. The number of carbonyl (C=O) groups excluding carboxylic acids is 1. The lowest BCUT2D eigenvalue weighted by atomic mass is 9.89. The van der Waals surface area contributed by atoms with Crippen LogP contribution in [0, 0.1) is 16.7 Å². The molecule has 0 aromatic rings. The van der Waals surface area contributed by atoms with Crippen molar-refractivity contribution in [2.45, 2.75) is 45.6 Å². The Morgan fingerprint density at radius 1 is 1.62 bits per heavy atom. The Bertz CT molecular complexity index is 259. The van der Waals surface area contributed by atoms with Crippen LogP contribution in [0.15, 0.2) is 0 Å². The van der Waals surface area contributed by atoms with E-state index in [2.05, 4.69) is 11.4 Å². The largest absolute Gasteiger partial charge is 0.337 e. The molecule has 0 saturated heterocycles. The van der Waals surface area contributed by atoms with Crippen LogP contribution in [-0.4, -0.2) is 11.4 Å². The topological polar surface area (TPSA) is 52.9 Å². The summed E-state index contributed by atoms with van der Waals surface area (Å²) in [4.78, 5) is 11.6. The number of nitriles is 1. The second kappa shape index (κ2) is 3.02. The van der Waals surface area contributed by atoms with Crippen LogP contribution in [-0.2, 0) is 4.79 Å². The fraction of sp³-hybridized carbons (Fsp3) is 0.800.